The highest BCUT2D eigenvalue weighted by Gasteiger charge is 2.05. The molecular weight excluding hydrogens is 210 g/mol. The minimum absolute atomic E-state index is 0.0634. The molecular formula is C11H11NO2S. The van der Waals surface area contributed by atoms with Crippen molar-refractivity contribution in [1.29, 1.82) is 0 Å². The molecule has 2 N–H and O–H groups in total. The standard InChI is InChI=1S/C11H11NO2S/c13-10-6-7-11(14)12(10)15-8-9-4-2-1-3-5-9/h1-7,13-14H,8H2. The zero-order valence-corrected chi connectivity index (χ0v) is 8.81. The molecule has 0 radical (unpaired) electrons. The van der Waals surface area contributed by atoms with Gasteiger partial charge in [0.15, 0.2) is 0 Å². The fourth-order valence-electron chi connectivity index (χ4n) is 1.25. The van der Waals surface area contributed by atoms with Crippen molar-refractivity contribution in [3.63, 3.8) is 0 Å². The average molecular weight is 221 g/mol. The molecule has 0 fully saturated rings. The summed E-state index contributed by atoms with van der Waals surface area (Å²) in [5.41, 5.74) is 1.15. The van der Waals surface area contributed by atoms with Crippen molar-refractivity contribution in [2.24, 2.45) is 0 Å². The predicted molar refractivity (Wildman–Crippen MR) is 60.9 cm³/mol. The first kappa shape index (κ1) is 9.98. The Morgan fingerprint density at radius 2 is 1.53 bits per heavy atom. The summed E-state index contributed by atoms with van der Waals surface area (Å²) in [6, 6.07) is 12.8. The monoisotopic (exact) mass is 221 g/mol. The van der Waals surface area contributed by atoms with E-state index in [4.69, 9.17) is 0 Å². The Hall–Kier alpha value is -1.55. The first-order chi connectivity index (χ1) is 7.27. The number of hydrogen-bond donors (Lipinski definition) is 2. The molecule has 0 aliphatic carbocycles. The summed E-state index contributed by atoms with van der Waals surface area (Å²) in [5, 5.41) is 18.8. The average Bonchev–Trinajstić information content (AvgIpc) is 2.58. The molecule has 2 rings (SSSR count). The van der Waals surface area contributed by atoms with Gasteiger partial charge < -0.3 is 10.2 Å². The van der Waals surface area contributed by atoms with Crippen LogP contribution in [0.15, 0.2) is 42.5 Å². The van der Waals surface area contributed by atoms with Gasteiger partial charge in [0.25, 0.3) is 0 Å². The van der Waals surface area contributed by atoms with Gasteiger partial charge in [-0.1, -0.05) is 30.3 Å². The molecule has 0 bridgehead atoms. The second kappa shape index (κ2) is 4.31. The fraction of sp³-hybridized carbons (Fsp3) is 0.0909. The van der Waals surface area contributed by atoms with Gasteiger partial charge in [0.2, 0.25) is 11.8 Å². The second-order valence-electron chi connectivity index (χ2n) is 3.10. The van der Waals surface area contributed by atoms with Crippen LogP contribution in [-0.2, 0) is 5.75 Å². The summed E-state index contributed by atoms with van der Waals surface area (Å²) in [5.74, 6) is 0.832. The number of rotatable bonds is 3. The Kier molecular flexibility index (Phi) is 2.87. The SMILES string of the molecule is Oc1ccc(O)n1SCc1ccccc1. The van der Waals surface area contributed by atoms with E-state index in [-0.39, 0.29) is 11.8 Å². The summed E-state index contributed by atoms with van der Waals surface area (Å²) >= 11 is 1.35. The highest BCUT2D eigenvalue weighted by Crippen LogP contribution is 2.29. The van der Waals surface area contributed by atoms with Gasteiger partial charge in [-0.15, -0.1) is 0 Å². The summed E-state index contributed by atoms with van der Waals surface area (Å²) in [4.78, 5) is 0. The van der Waals surface area contributed by atoms with Crippen LogP contribution < -0.4 is 0 Å². The fourth-order valence-corrected chi connectivity index (χ4v) is 2.10. The zero-order chi connectivity index (χ0) is 10.7. The molecule has 0 unspecified atom stereocenters. The molecule has 0 amide bonds. The van der Waals surface area contributed by atoms with Gasteiger partial charge in [-0.25, -0.2) is 3.97 Å². The quantitative estimate of drug-likeness (QED) is 0.837. The maximum atomic E-state index is 9.39. The van der Waals surface area contributed by atoms with Gasteiger partial charge in [0, 0.05) is 17.9 Å². The molecule has 15 heavy (non-hydrogen) atoms. The van der Waals surface area contributed by atoms with Gasteiger partial charge in [-0.3, -0.25) is 0 Å². The van der Waals surface area contributed by atoms with Crippen LogP contribution in [-0.4, -0.2) is 14.2 Å². The lowest BCUT2D eigenvalue weighted by molar-refractivity contribution is 0.416. The molecule has 1 aromatic carbocycles. The highest BCUT2D eigenvalue weighted by molar-refractivity contribution is 7.97. The Balaban J connectivity index is 2.05. The third-order valence-electron chi connectivity index (χ3n) is 2.00. The van der Waals surface area contributed by atoms with E-state index in [0.29, 0.717) is 5.75 Å². The van der Waals surface area contributed by atoms with E-state index in [1.165, 1.54) is 28.1 Å². The van der Waals surface area contributed by atoms with Crippen molar-refractivity contribution >= 4 is 11.9 Å². The van der Waals surface area contributed by atoms with Crippen LogP contribution in [0.25, 0.3) is 0 Å². The summed E-state index contributed by atoms with van der Waals surface area (Å²) in [6.07, 6.45) is 0. The van der Waals surface area contributed by atoms with Crippen LogP contribution >= 0.6 is 11.9 Å². The first-order valence-corrected chi connectivity index (χ1v) is 5.48. The van der Waals surface area contributed by atoms with Gasteiger partial charge in [-0.05, 0) is 17.5 Å². The van der Waals surface area contributed by atoms with E-state index >= 15 is 0 Å². The molecule has 0 spiro atoms. The van der Waals surface area contributed by atoms with Gasteiger partial charge >= 0.3 is 0 Å². The molecule has 0 atom stereocenters. The lowest BCUT2D eigenvalue weighted by atomic mass is 10.2. The summed E-state index contributed by atoms with van der Waals surface area (Å²) < 4.78 is 1.40. The lowest BCUT2D eigenvalue weighted by Gasteiger charge is -2.05. The first-order valence-electron chi connectivity index (χ1n) is 4.54. The van der Waals surface area contributed by atoms with Crippen LogP contribution in [0.1, 0.15) is 5.56 Å². The largest absolute Gasteiger partial charge is 0.494 e. The molecule has 1 aromatic heterocycles. The number of aromatic nitrogens is 1. The molecule has 0 saturated carbocycles. The van der Waals surface area contributed by atoms with E-state index in [1.807, 2.05) is 30.3 Å². The maximum Gasteiger partial charge on any atom is 0.204 e. The molecule has 1 heterocycles. The summed E-state index contributed by atoms with van der Waals surface area (Å²) in [6.45, 7) is 0. The molecule has 78 valence electrons. The van der Waals surface area contributed by atoms with Crippen molar-refractivity contribution < 1.29 is 10.2 Å². The number of nitrogens with zero attached hydrogens (tertiary/aromatic N) is 1. The zero-order valence-electron chi connectivity index (χ0n) is 8.00. The molecule has 0 saturated heterocycles. The Labute approximate surface area is 92.1 Å². The van der Waals surface area contributed by atoms with Crippen LogP contribution in [0, 0.1) is 0 Å². The van der Waals surface area contributed by atoms with Crippen molar-refractivity contribution in [2.45, 2.75) is 5.75 Å². The Morgan fingerprint density at radius 1 is 0.933 bits per heavy atom. The van der Waals surface area contributed by atoms with Crippen molar-refractivity contribution in [1.82, 2.24) is 3.97 Å². The Morgan fingerprint density at radius 3 is 2.13 bits per heavy atom. The smallest absolute Gasteiger partial charge is 0.204 e. The van der Waals surface area contributed by atoms with E-state index in [9.17, 15) is 10.2 Å². The van der Waals surface area contributed by atoms with Crippen molar-refractivity contribution in [3.05, 3.63) is 48.0 Å². The van der Waals surface area contributed by atoms with Crippen molar-refractivity contribution in [2.75, 3.05) is 0 Å². The second-order valence-corrected chi connectivity index (χ2v) is 4.02. The molecule has 4 heteroatoms. The highest BCUT2D eigenvalue weighted by atomic mass is 32.2. The topological polar surface area (TPSA) is 45.4 Å². The molecule has 2 aromatic rings. The van der Waals surface area contributed by atoms with Gasteiger partial charge in [0.05, 0.1) is 0 Å². The minimum Gasteiger partial charge on any atom is -0.494 e. The third kappa shape index (κ3) is 2.27. The minimum atomic E-state index is 0.0634. The van der Waals surface area contributed by atoms with Gasteiger partial charge in [0.1, 0.15) is 0 Å². The van der Waals surface area contributed by atoms with Gasteiger partial charge in [-0.2, -0.15) is 0 Å². The number of benzene rings is 1. The van der Waals surface area contributed by atoms with Crippen molar-refractivity contribution in [3.8, 4) is 11.8 Å². The normalized spacial score (nSPS) is 10.4. The van der Waals surface area contributed by atoms with E-state index in [2.05, 4.69) is 0 Å². The third-order valence-corrected chi connectivity index (χ3v) is 3.10. The molecule has 0 aliphatic heterocycles. The van der Waals surface area contributed by atoms with E-state index in [0.717, 1.165) is 5.56 Å². The van der Waals surface area contributed by atoms with Crippen LogP contribution in [0.2, 0.25) is 0 Å². The van der Waals surface area contributed by atoms with Crippen LogP contribution in [0.3, 0.4) is 0 Å². The van der Waals surface area contributed by atoms with E-state index in [1.54, 1.807) is 0 Å². The predicted octanol–water partition coefficient (Wildman–Crippen LogP) is 2.60. The van der Waals surface area contributed by atoms with Crippen LogP contribution in [0.5, 0.6) is 11.8 Å². The number of aromatic hydroxyl groups is 2. The van der Waals surface area contributed by atoms with E-state index < -0.39 is 0 Å². The summed E-state index contributed by atoms with van der Waals surface area (Å²) in [7, 11) is 0. The molecule has 0 aliphatic rings. The molecule has 3 nitrogen and oxygen atoms in total. The van der Waals surface area contributed by atoms with Crippen LogP contribution in [0.4, 0.5) is 0 Å². The Bertz CT molecular complexity index is 420. The maximum absolute atomic E-state index is 9.39. The number of hydrogen-bond acceptors (Lipinski definition) is 3. The lowest BCUT2D eigenvalue weighted by Crippen LogP contribution is -1.87.